The zero-order chi connectivity index (χ0) is 15.4. The van der Waals surface area contributed by atoms with Crippen LogP contribution in [-0.2, 0) is 9.59 Å². The van der Waals surface area contributed by atoms with Crippen molar-refractivity contribution in [1.29, 1.82) is 0 Å². The molecule has 6 nitrogen and oxygen atoms in total. The van der Waals surface area contributed by atoms with E-state index in [-0.39, 0.29) is 11.8 Å². The molecule has 0 aliphatic carbocycles. The van der Waals surface area contributed by atoms with E-state index in [1.165, 1.54) is 0 Å². The number of benzene rings is 1. The Morgan fingerprint density at radius 1 is 1.33 bits per heavy atom. The van der Waals surface area contributed by atoms with Crippen LogP contribution in [0.3, 0.4) is 0 Å². The van der Waals surface area contributed by atoms with Gasteiger partial charge in [-0.3, -0.25) is 14.4 Å². The number of nitrogens with one attached hydrogen (secondary N) is 1. The number of anilines is 1. The van der Waals surface area contributed by atoms with Gasteiger partial charge in [0.05, 0.1) is 0 Å². The first kappa shape index (κ1) is 15.3. The predicted molar refractivity (Wildman–Crippen MR) is 77.6 cm³/mol. The second kappa shape index (κ2) is 6.58. The van der Waals surface area contributed by atoms with Gasteiger partial charge in [0.1, 0.15) is 6.54 Å². The fourth-order valence-corrected chi connectivity index (χ4v) is 2.39. The van der Waals surface area contributed by atoms with E-state index < -0.39 is 18.4 Å². The van der Waals surface area contributed by atoms with Gasteiger partial charge in [-0.2, -0.15) is 0 Å². The molecule has 0 radical (unpaired) electrons. The van der Waals surface area contributed by atoms with Crippen LogP contribution in [0.2, 0.25) is 0 Å². The van der Waals surface area contributed by atoms with Crippen LogP contribution in [-0.4, -0.2) is 41.9 Å². The average Bonchev–Trinajstić information content (AvgIpc) is 2.86. The SMILES string of the molecule is O=C(O)CNC(=O)c1ccc(N2CC(CCl)CC2=O)cc1. The van der Waals surface area contributed by atoms with Gasteiger partial charge in [0, 0.05) is 30.1 Å². The molecule has 0 bridgehead atoms. The molecular formula is C14H15ClN2O4. The van der Waals surface area contributed by atoms with E-state index in [0.717, 1.165) is 0 Å². The van der Waals surface area contributed by atoms with Crippen molar-refractivity contribution in [2.75, 3.05) is 23.9 Å². The number of alkyl halides is 1. The lowest BCUT2D eigenvalue weighted by Gasteiger charge is -2.16. The molecular weight excluding hydrogens is 296 g/mol. The summed E-state index contributed by atoms with van der Waals surface area (Å²) < 4.78 is 0. The van der Waals surface area contributed by atoms with Crippen molar-refractivity contribution < 1.29 is 19.5 Å². The Morgan fingerprint density at radius 2 is 2.00 bits per heavy atom. The highest BCUT2D eigenvalue weighted by atomic mass is 35.5. The molecule has 7 heteroatoms. The number of carbonyl (C=O) groups excluding carboxylic acids is 2. The van der Waals surface area contributed by atoms with E-state index >= 15 is 0 Å². The van der Waals surface area contributed by atoms with Crippen LogP contribution in [0.15, 0.2) is 24.3 Å². The van der Waals surface area contributed by atoms with E-state index in [9.17, 15) is 14.4 Å². The van der Waals surface area contributed by atoms with Gasteiger partial charge in [-0.1, -0.05) is 0 Å². The largest absolute Gasteiger partial charge is 0.480 e. The Bertz CT molecular complexity index is 559. The van der Waals surface area contributed by atoms with Gasteiger partial charge in [0.2, 0.25) is 5.91 Å². The lowest BCUT2D eigenvalue weighted by atomic mass is 10.1. The van der Waals surface area contributed by atoms with Gasteiger partial charge >= 0.3 is 5.97 Å². The number of hydrogen-bond donors (Lipinski definition) is 2. The Balaban J connectivity index is 2.04. The second-order valence-corrected chi connectivity index (χ2v) is 5.16. The third kappa shape index (κ3) is 3.72. The maximum Gasteiger partial charge on any atom is 0.322 e. The Kier molecular flexibility index (Phi) is 4.80. The van der Waals surface area contributed by atoms with Crippen molar-refractivity contribution in [3.63, 3.8) is 0 Å². The summed E-state index contributed by atoms with van der Waals surface area (Å²) >= 11 is 5.77. The molecule has 1 unspecified atom stereocenters. The molecule has 1 aliphatic rings. The molecule has 2 rings (SSSR count). The van der Waals surface area contributed by atoms with Crippen LogP contribution >= 0.6 is 11.6 Å². The van der Waals surface area contributed by atoms with Crippen molar-refractivity contribution in [2.24, 2.45) is 5.92 Å². The summed E-state index contributed by atoms with van der Waals surface area (Å²) in [7, 11) is 0. The predicted octanol–water partition coefficient (Wildman–Crippen LogP) is 1.09. The molecule has 0 aromatic heterocycles. The number of carboxylic acids is 1. The number of carboxylic acid groups (broad SMARTS) is 1. The minimum Gasteiger partial charge on any atom is -0.480 e. The standard InChI is InChI=1S/C14H15ClN2O4/c15-6-9-5-12(18)17(8-9)11-3-1-10(2-4-11)14(21)16-7-13(19)20/h1-4,9H,5-8H2,(H,16,21)(H,19,20). The molecule has 21 heavy (non-hydrogen) atoms. The van der Waals surface area contributed by atoms with Gasteiger partial charge in [-0.05, 0) is 30.2 Å². The molecule has 0 spiro atoms. The number of rotatable bonds is 5. The van der Waals surface area contributed by atoms with Crippen LogP contribution in [0.25, 0.3) is 0 Å². The molecule has 1 aliphatic heterocycles. The van der Waals surface area contributed by atoms with Crippen LogP contribution in [0, 0.1) is 5.92 Å². The van der Waals surface area contributed by atoms with E-state index in [1.54, 1.807) is 29.2 Å². The van der Waals surface area contributed by atoms with Crippen molar-refractivity contribution >= 4 is 35.1 Å². The third-order valence-electron chi connectivity index (χ3n) is 3.26. The van der Waals surface area contributed by atoms with Crippen molar-refractivity contribution in [3.05, 3.63) is 29.8 Å². The van der Waals surface area contributed by atoms with E-state index in [0.29, 0.717) is 30.1 Å². The molecule has 112 valence electrons. The molecule has 2 N–H and O–H groups in total. The topological polar surface area (TPSA) is 86.7 Å². The van der Waals surface area contributed by atoms with Gasteiger partial charge in [-0.15, -0.1) is 11.6 Å². The van der Waals surface area contributed by atoms with Gasteiger partial charge in [0.25, 0.3) is 5.91 Å². The lowest BCUT2D eigenvalue weighted by molar-refractivity contribution is -0.135. The number of carbonyl (C=O) groups is 3. The molecule has 1 saturated heterocycles. The first-order valence-electron chi connectivity index (χ1n) is 6.47. The van der Waals surface area contributed by atoms with Crippen LogP contribution in [0.1, 0.15) is 16.8 Å². The zero-order valence-corrected chi connectivity index (χ0v) is 12.0. The number of nitrogens with zero attached hydrogens (tertiary/aromatic N) is 1. The Labute approximate surface area is 126 Å². The van der Waals surface area contributed by atoms with Crippen molar-refractivity contribution in [3.8, 4) is 0 Å². The fraction of sp³-hybridized carbons (Fsp3) is 0.357. The summed E-state index contributed by atoms with van der Waals surface area (Å²) in [6.45, 7) is 0.148. The highest BCUT2D eigenvalue weighted by Gasteiger charge is 2.29. The maximum atomic E-state index is 11.9. The summed E-state index contributed by atoms with van der Waals surface area (Å²) in [4.78, 5) is 35.6. The van der Waals surface area contributed by atoms with E-state index in [2.05, 4.69) is 5.32 Å². The van der Waals surface area contributed by atoms with E-state index in [1.807, 2.05) is 0 Å². The Hall–Kier alpha value is -2.08. The molecule has 1 fully saturated rings. The molecule has 1 aromatic carbocycles. The summed E-state index contributed by atoms with van der Waals surface area (Å²) in [6.07, 6.45) is 0.435. The van der Waals surface area contributed by atoms with Crippen LogP contribution in [0.4, 0.5) is 5.69 Å². The van der Waals surface area contributed by atoms with Crippen LogP contribution in [0.5, 0.6) is 0 Å². The summed E-state index contributed by atoms with van der Waals surface area (Å²) in [5.74, 6) is -0.954. The lowest BCUT2D eigenvalue weighted by Crippen LogP contribution is -2.29. The zero-order valence-electron chi connectivity index (χ0n) is 11.2. The summed E-state index contributed by atoms with van der Waals surface area (Å²) in [5, 5.41) is 10.8. The molecule has 1 heterocycles. The Morgan fingerprint density at radius 3 is 2.52 bits per heavy atom. The average molecular weight is 311 g/mol. The fourth-order valence-electron chi connectivity index (χ4n) is 2.19. The highest BCUT2D eigenvalue weighted by molar-refractivity contribution is 6.18. The first-order valence-corrected chi connectivity index (χ1v) is 7.01. The smallest absolute Gasteiger partial charge is 0.322 e. The molecule has 1 aromatic rings. The number of amides is 2. The minimum absolute atomic E-state index is 0.0173. The third-order valence-corrected chi connectivity index (χ3v) is 3.70. The maximum absolute atomic E-state index is 11.9. The molecule has 1 atom stereocenters. The second-order valence-electron chi connectivity index (χ2n) is 4.85. The first-order chi connectivity index (χ1) is 10.0. The van der Waals surface area contributed by atoms with E-state index in [4.69, 9.17) is 16.7 Å². The van der Waals surface area contributed by atoms with Crippen molar-refractivity contribution in [1.82, 2.24) is 5.32 Å². The highest BCUT2D eigenvalue weighted by Crippen LogP contribution is 2.25. The summed E-state index contributed by atoms with van der Waals surface area (Å²) in [5.41, 5.74) is 1.06. The number of hydrogen-bond acceptors (Lipinski definition) is 3. The molecule has 0 saturated carbocycles. The van der Waals surface area contributed by atoms with Crippen LogP contribution < -0.4 is 10.2 Å². The quantitative estimate of drug-likeness (QED) is 0.797. The van der Waals surface area contributed by atoms with Gasteiger partial charge in [0.15, 0.2) is 0 Å². The monoisotopic (exact) mass is 310 g/mol. The van der Waals surface area contributed by atoms with Gasteiger partial charge in [-0.25, -0.2) is 0 Å². The number of halogens is 1. The normalized spacial score (nSPS) is 17.9. The van der Waals surface area contributed by atoms with Gasteiger partial charge < -0.3 is 15.3 Å². The minimum atomic E-state index is -1.10. The number of aliphatic carboxylic acids is 1. The summed E-state index contributed by atoms with van der Waals surface area (Å²) in [6, 6.07) is 6.47. The van der Waals surface area contributed by atoms with Crippen molar-refractivity contribution in [2.45, 2.75) is 6.42 Å². The molecule has 2 amide bonds.